The summed E-state index contributed by atoms with van der Waals surface area (Å²) in [6, 6.07) is 8.71. The second kappa shape index (κ2) is 5.55. The Labute approximate surface area is 114 Å². The maximum Gasteiger partial charge on any atom is 0.268 e. The Morgan fingerprint density at radius 1 is 1.47 bits per heavy atom. The van der Waals surface area contributed by atoms with Crippen molar-refractivity contribution in [3.05, 3.63) is 45.2 Å². The van der Waals surface area contributed by atoms with Crippen LogP contribution in [0.25, 0.3) is 11.3 Å². The van der Waals surface area contributed by atoms with Crippen molar-refractivity contribution < 1.29 is 4.74 Å². The molecule has 0 unspecified atom stereocenters. The van der Waals surface area contributed by atoms with Gasteiger partial charge in [0.1, 0.15) is 5.75 Å². The number of nitrogens with one attached hydrogen (secondary N) is 1. The van der Waals surface area contributed by atoms with Gasteiger partial charge in [0, 0.05) is 11.1 Å². The standard InChI is InChI=1S/C13H10ClN3O2/c1-19-12-3-2-8(6-10(12)14)11-7-9(4-5-15)13(18)17-16-11/h2-3,6-7H,4H2,1H3,(H,17,18). The highest BCUT2D eigenvalue weighted by Crippen LogP contribution is 2.29. The molecule has 96 valence electrons. The molecule has 0 aliphatic heterocycles. The smallest absolute Gasteiger partial charge is 0.268 e. The number of benzene rings is 1. The molecule has 0 saturated heterocycles. The van der Waals surface area contributed by atoms with E-state index >= 15 is 0 Å². The fraction of sp³-hybridized carbons (Fsp3) is 0.154. The van der Waals surface area contributed by atoms with Crippen LogP contribution in [0.5, 0.6) is 5.75 Å². The van der Waals surface area contributed by atoms with E-state index in [1.165, 1.54) is 7.11 Å². The van der Waals surface area contributed by atoms with Crippen molar-refractivity contribution in [2.75, 3.05) is 7.11 Å². The molecule has 0 aliphatic carbocycles. The van der Waals surface area contributed by atoms with Crippen molar-refractivity contribution in [1.82, 2.24) is 10.2 Å². The average Bonchev–Trinajstić information content (AvgIpc) is 2.41. The van der Waals surface area contributed by atoms with Crippen LogP contribution in [0.3, 0.4) is 0 Å². The maximum atomic E-state index is 11.4. The Balaban J connectivity index is 2.48. The molecule has 0 atom stereocenters. The molecule has 6 heteroatoms. The average molecular weight is 276 g/mol. The Morgan fingerprint density at radius 3 is 2.89 bits per heavy atom. The Bertz CT molecular complexity index is 704. The summed E-state index contributed by atoms with van der Waals surface area (Å²) in [4.78, 5) is 11.4. The summed E-state index contributed by atoms with van der Waals surface area (Å²) in [5, 5.41) is 15.4. The van der Waals surface area contributed by atoms with E-state index in [9.17, 15) is 4.79 Å². The first-order valence-electron chi connectivity index (χ1n) is 5.45. The van der Waals surface area contributed by atoms with E-state index in [2.05, 4.69) is 10.2 Å². The van der Waals surface area contributed by atoms with Crippen LogP contribution in [0, 0.1) is 11.3 Å². The number of ether oxygens (including phenoxy) is 1. The number of aromatic amines is 1. The number of nitrogens with zero attached hydrogens (tertiary/aromatic N) is 2. The van der Waals surface area contributed by atoms with Crippen LogP contribution in [0.15, 0.2) is 29.1 Å². The summed E-state index contributed by atoms with van der Waals surface area (Å²) in [5.74, 6) is 0.562. The molecule has 0 fully saturated rings. The summed E-state index contributed by atoms with van der Waals surface area (Å²) < 4.78 is 5.06. The van der Waals surface area contributed by atoms with E-state index in [-0.39, 0.29) is 12.0 Å². The third-order valence-corrected chi connectivity index (χ3v) is 2.89. The van der Waals surface area contributed by atoms with Crippen molar-refractivity contribution in [3.8, 4) is 23.1 Å². The number of rotatable bonds is 3. The topological polar surface area (TPSA) is 78.8 Å². The number of halogens is 1. The molecule has 2 rings (SSSR count). The molecule has 1 aromatic heterocycles. The summed E-state index contributed by atoms with van der Waals surface area (Å²) in [5.41, 5.74) is 1.31. The van der Waals surface area contributed by atoms with Crippen molar-refractivity contribution in [3.63, 3.8) is 0 Å². The van der Waals surface area contributed by atoms with Crippen LogP contribution >= 0.6 is 11.6 Å². The van der Waals surface area contributed by atoms with Gasteiger partial charge < -0.3 is 4.74 Å². The molecule has 5 nitrogen and oxygen atoms in total. The molecule has 2 aromatic rings. The van der Waals surface area contributed by atoms with E-state index in [4.69, 9.17) is 21.6 Å². The van der Waals surface area contributed by atoms with Gasteiger partial charge in [0.2, 0.25) is 0 Å². The van der Waals surface area contributed by atoms with E-state index in [1.807, 2.05) is 6.07 Å². The van der Waals surface area contributed by atoms with Crippen molar-refractivity contribution in [1.29, 1.82) is 5.26 Å². The lowest BCUT2D eigenvalue weighted by molar-refractivity contribution is 0.415. The predicted octanol–water partition coefficient (Wildman–Crippen LogP) is 2.16. The molecule has 0 saturated carbocycles. The Morgan fingerprint density at radius 2 is 2.26 bits per heavy atom. The van der Waals surface area contributed by atoms with Gasteiger partial charge in [-0.05, 0) is 24.3 Å². The van der Waals surface area contributed by atoms with Gasteiger partial charge in [0.25, 0.3) is 5.56 Å². The predicted molar refractivity (Wildman–Crippen MR) is 71.2 cm³/mol. The molecular weight excluding hydrogens is 266 g/mol. The first kappa shape index (κ1) is 13.1. The molecule has 1 aromatic carbocycles. The van der Waals surface area contributed by atoms with Crippen molar-refractivity contribution >= 4 is 11.6 Å². The first-order valence-corrected chi connectivity index (χ1v) is 5.83. The second-order valence-corrected chi connectivity index (χ2v) is 4.20. The van der Waals surface area contributed by atoms with Gasteiger partial charge in [-0.15, -0.1) is 0 Å². The minimum Gasteiger partial charge on any atom is -0.495 e. The summed E-state index contributed by atoms with van der Waals surface area (Å²) in [7, 11) is 1.53. The highest BCUT2D eigenvalue weighted by molar-refractivity contribution is 6.32. The van der Waals surface area contributed by atoms with E-state index in [0.717, 1.165) is 5.56 Å². The van der Waals surface area contributed by atoms with Crippen LogP contribution < -0.4 is 10.3 Å². The van der Waals surface area contributed by atoms with E-state index in [1.54, 1.807) is 24.3 Å². The lowest BCUT2D eigenvalue weighted by Crippen LogP contribution is -2.14. The van der Waals surface area contributed by atoms with Gasteiger partial charge >= 0.3 is 0 Å². The van der Waals surface area contributed by atoms with Crippen molar-refractivity contribution in [2.24, 2.45) is 0 Å². The molecule has 0 spiro atoms. The number of methoxy groups -OCH3 is 1. The number of H-pyrrole nitrogens is 1. The normalized spacial score (nSPS) is 9.95. The SMILES string of the molecule is COc1ccc(-c2cc(CC#N)c(=O)[nH]n2)cc1Cl. The van der Waals surface area contributed by atoms with Crippen LogP contribution in [-0.2, 0) is 6.42 Å². The molecule has 1 heterocycles. The van der Waals surface area contributed by atoms with Crippen LogP contribution in [0.4, 0.5) is 0 Å². The van der Waals surface area contributed by atoms with Crippen LogP contribution in [-0.4, -0.2) is 17.3 Å². The van der Waals surface area contributed by atoms with Gasteiger partial charge in [0.05, 0.1) is 30.3 Å². The molecule has 19 heavy (non-hydrogen) atoms. The largest absolute Gasteiger partial charge is 0.495 e. The van der Waals surface area contributed by atoms with Crippen LogP contribution in [0.1, 0.15) is 5.56 Å². The highest BCUT2D eigenvalue weighted by Gasteiger charge is 2.08. The molecule has 1 N–H and O–H groups in total. The zero-order valence-corrected chi connectivity index (χ0v) is 10.9. The highest BCUT2D eigenvalue weighted by atomic mass is 35.5. The molecule has 0 amide bonds. The maximum absolute atomic E-state index is 11.4. The molecular formula is C13H10ClN3O2. The first-order chi connectivity index (χ1) is 9.15. The minimum absolute atomic E-state index is 0.0364. The van der Waals surface area contributed by atoms with Crippen molar-refractivity contribution in [2.45, 2.75) is 6.42 Å². The fourth-order valence-corrected chi connectivity index (χ4v) is 1.89. The third-order valence-electron chi connectivity index (χ3n) is 2.60. The molecule has 0 radical (unpaired) electrons. The van der Waals surface area contributed by atoms with Gasteiger partial charge in [-0.25, -0.2) is 5.10 Å². The summed E-state index contributed by atoms with van der Waals surface area (Å²) in [6.07, 6.45) is 0.0364. The lowest BCUT2D eigenvalue weighted by Gasteiger charge is -2.06. The van der Waals surface area contributed by atoms with Crippen LogP contribution in [0.2, 0.25) is 5.02 Å². The quantitative estimate of drug-likeness (QED) is 0.931. The monoisotopic (exact) mass is 275 g/mol. The van der Waals surface area contributed by atoms with E-state index in [0.29, 0.717) is 22.0 Å². The number of nitriles is 1. The van der Waals surface area contributed by atoms with Gasteiger partial charge in [-0.3, -0.25) is 4.79 Å². The second-order valence-electron chi connectivity index (χ2n) is 3.79. The van der Waals surface area contributed by atoms with Gasteiger partial charge in [-0.1, -0.05) is 11.6 Å². The third kappa shape index (κ3) is 2.75. The molecule has 0 aliphatic rings. The number of hydrogen-bond acceptors (Lipinski definition) is 4. The Kier molecular flexibility index (Phi) is 3.83. The fourth-order valence-electron chi connectivity index (χ4n) is 1.64. The number of hydrogen-bond donors (Lipinski definition) is 1. The zero-order chi connectivity index (χ0) is 13.8. The molecule has 0 bridgehead atoms. The summed E-state index contributed by atoms with van der Waals surface area (Å²) >= 11 is 6.03. The van der Waals surface area contributed by atoms with Gasteiger partial charge in [0.15, 0.2) is 0 Å². The summed E-state index contributed by atoms with van der Waals surface area (Å²) in [6.45, 7) is 0. The minimum atomic E-state index is -0.357. The number of aromatic nitrogens is 2. The van der Waals surface area contributed by atoms with E-state index < -0.39 is 0 Å². The lowest BCUT2D eigenvalue weighted by atomic mass is 10.1. The Hall–Kier alpha value is -2.32. The van der Waals surface area contributed by atoms with Gasteiger partial charge in [-0.2, -0.15) is 10.4 Å². The zero-order valence-electron chi connectivity index (χ0n) is 10.1.